The molecule has 0 spiro atoms. The molecule has 0 bridgehead atoms. The maximum Gasteiger partial charge on any atom is 0.253 e. The highest BCUT2D eigenvalue weighted by molar-refractivity contribution is 5.97. The summed E-state index contributed by atoms with van der Waals surface area (Å²) in [4.78, 5) is 41.8. The zero-order valence-electron chi connectivity index (χ0n) is 15.2. The number of hydrogen-bond acceptors (Lipinski definition) is 4. The summed E-state index contributed by atoms with van der Waals surface area (Å²) < 4.78 is 0. The Morgan fingerprint density at radius 1 is 1.00 bits per heavy atom. The highest BCUT2D eigenvalue weighted by Gasteiger charge is 2.24. The number of likely N-dealkylation sites (N-methyl/N-ethyl adjacent to an activating group) is 1. The smallest absolute Gasteiger partial charge is 0.253 e. The zero-order valence-corrected chi connectivity index (χ0v) is 15.2. The highest BCUT2D eigenvalue weighted by Crippen LogP contribution is 2.22. The van der Waals surface area contributed by atoms with E-state index in [-0.39, 0.29) is 17.7 Å². The Hall–Kier alpha value is -2.41. The number of nitrogens with one attached hydrogen (secondary N) is 1. The second kappa shape index (κ2) is 8.31. The van der Waals surface area contributed by atoms with Crippen LogP contribution in [-0.4, -0.2) is 73.8 Å². The molecule has 0 aromatic heterocycles. The van der Waals surface area contributed by atoms with Crippen LogP contribution in [0.2, 0.25) is 0 Å². The molecule has 3 amide bonds. The molecule has 2 heterocycles. The second-order valence-corrected chi connectivity index (χ2v) is 6.79. The van der Waals surface area contributed by atoms with Gasteiger partial charge in [0.1, 0.15) is 0 Å². The Morgan fingerprint density at radius 2 is 1.69 bits per heavy atom. The minimum Gasteiger partial charge on any atom is -0.358 e. The van der Waals surface area contributed by atoms with E-state index in [9.17, 15) is 14.4 Å². The number of anilines is 1. The minimum absolute atomic E-state index is 0.00103. The number of piperazine rings is 1. The van der Waals surface area contributed by atoms with E-state index >= 15 is 0 Å². The summed E-state index contributed by atoms with van der Waals surface area (Å²) in [5.41, 5.74) is 1.50. The summed E-state index contributed by atoms with van der Waals surface area (Å²) in [6, 6.07) is 7.32. The van der Waals surface area contributed by atoms with Gasteiger partial charge in [-0.05, 0) is 37.1 Å². The average Bonchev–Trinajstić information content (AvgIpc) is 2.68. The van der Waals surface area contributed by atoms with Crippen LogP contribution in [0.3, 0.4) is 0 Å². The SMILES string of the molecule is CNC(=O)CN1CCN(C(=O)c2ccc(N3CCCCC3=O)cc2)CC1. The standard InChI is InChI=1S/C19H26N4O3/c1-20-17(24)14-21-10-12-22(13-11-21)19(26)15-5-7-16(8-6-15)23-9-3-2-4-18(23)25/h5-8H,2-4,9-14H2,1H3,(H,20,24). The number of benzene rings is 1. The topological polar surface area (TPSA) is 73.0 Å². The minimum atomic E-state index is -0.00683. The van der Waals surface area contributed by atoms with Crippen molar-refractivity contribution in [2.45, 2.75) is 19.3 Å². The first-order valence-electron chi connectivity index (χ1n) is 9.21. The fourth-order valence-electron chi connectivity index (χ4n) is 3.44. The van der Waals surface area contributed by atoms with E-state index < -0.39 is 0 Å². The molecule has 0 unspecified atom stereocenters. The third-order valence-corrected chi connectivity index (χ3v) is 5.05. The lowest BCUT2D eigenvalue weighted by molar-refractivity contribution is -0.122. The summed E-state index contributed by atoms with van der Waals surface area (Å²) in [5, 5.41) is 2.62. The van der Waals surface area contributed by atoms with Gasteiger partial charge in [-0.1, -0.05) is 0 Å². The third-order valence-electron chi connectivity index (χ3n) is 5.05. The van der Waals surface area contributed by atoms with Gasteiger partial charge in [0.15, 0.2) is 0 Å². The molecule has 2 aliphatic heterocycles. The first-order valence-corrected chi connectivity index (χ1v) is 9.21. The van der Waals surface area contributed by atoms with Crippen molar-refractivity contribution in [2.75, 3.05) is 51.2 Å². The molecule has 7 heteroatoms. The summed E-state index contributed by atoms with van der Waals surface area (Å²) in [6.45, 7) is 3.74. The van der Waals surface area contributed by atoms with Crippen molar-refractivity contribution in [1.82, 2.24) is 15.1 Å². The fourth-order valence-corrected chi connectivity index (χ4v) is 3.44. The van der Waals surface area contributed by atoms with Crippen molar-refractivity contribution in [3.05, 3.63) is 29.8 Å². The van der Waals surface area contributed by atoms with Crippen LogP contribution in [0.5, 0.6) is 0 Å². The van der Waals surface area contributed by atoms with Gasteiger partial charge in [-0.3, -0.25) is 19.3 Å². The molecule has 2 saturated heterocycles. The summed E-state index contributed by atoms with van der Waals surface area (Å²) in [6.07, 6.45) is 2.57. The van der Waals surface area contributed by atoms with Crippen LogP contribution in [0.1, 0.15) is 29.6 Å². The van der Waals surface area contributed by atoms with E-state index in [0.717, 1.165) is 25.1 Å². The molecule has 0 saturated carbocycles. The van der Waals surface area contributed by atoms with Gasteiger partial charge in [0.2, 0.25) is 11.8 Å². The molecule has 2 aliphatic rings. The second-order valence-electron chi connectivity index (χ2n) is 6.79. The maximum absolute atomic E-state index is 12.7. The van der Waals surface area contributed by atoms with E-state index in [1.165, 1.54) is 0 Å². The van der Waals surface area contributed by atoms with Crippen molar-refractivity contribution in [1.29, 1.82) is 0 Å². The van der Waals surface area contributed by atoms with Crippen molar-refractivity contribution in [3.63, 3.8) is 0 Å². The number of rotatable bonds is 4. The van der Waals surface area contributed by atoms with E-state index in [0.29, 0.717) is 44.7 Å². The highest BCUT2D eigenvalue weighted by atomic mass is 16.2. The van der Waals surface area contributed by atoms with Crippen LogP contribution in [-0.2, 0) is 9.59 Å². The Kier molecular flexibility index (Phi) is 5.88. The molecule has 26 heavy (non-hydrogen) atoms. The first kappa shape index (κ1) is 18.4. The van der Waals surface area contributed by atoms with Crippen LogP contribution >= 0.6 is 0 Å². The van der Waals surface area contributed by atoms with Gasteiger partial charge in [-0.25, -0.2) is 0 Å². The molecule has 140 valence electrons. The Labute approximate surface area is 153 Å². The van der Waals surface area contributed by atoms with E-state index in [1.807, 2.05) is 21.9 Å². The summed E-state index contributed by atoms with van der Waals surface area (Å²) >= 11 is 0. The Bertz CT molecular complexity index is 666. The van der Waals surface area contributed by atoms with Gasteiger partial charge < -0.3 is 15.1 Å². The zero-order chi connectivity index (χ0) is 18.5. The molecule has 0 aliphatic carbocycles. The molecule has 1 aromatic rings. The number of piperidine rings is 1. The third kappa shape index (κ3) is 4.22. The molecular formula is C19H26N4O3. The van der Waals surface area contributed by atoms with Gasteiger partial charge in [-0.15, -0.1) is 0 Å². The van der Waals surface area contributed by atoms with Crippen molar-refractivity contribution in [3.8, 4) is 0 Å². The molecule has 7 nitrogen and oxygen atoms in total. The number of nitrogens with zero attached hydrogens (tertiary/aromatic N) is 3. The molecule has 0 atom stereocenters. The van der Waals surface area contributed by atoms with E-state index in [1.54, 1.807) is 24.1 Å². The summed E-state index contributed by atoms with van der Waals surface area (Å²) in [5.74, 6) is 0.149. The van der Waals surface area contributed by atoms with Crippen LogP contribution in [0, 0.1) is 0 Å². The molecule has 2 fully saturated rings. The Balaban J connectivity index is 1.57. The van der Waals surface area contributed by atoms with Gasteiger partial charge in [0.25, 0.3) is 5.91 Å². The van der Waals surface area contributed by atoms with Crippen LogP contribution in [0.15, 0.2) is 24.3 Å². The lowest BCUT2D eigenvalue weighted by Gasteiger charge is -2.34. The van der Waals surface area contributed by atoms with Crippen molar-refractivity contribution >= 4 is 23.4 Å². The van der Waals surface area contributed by atoms with Crippen LogP contribution < -0.4 is 10.2 Å². The van der Waals surface area contributed by atoms with Gasteiger partial charge in [0, 0.05) is 57.4 Å². The molecule has 1 N–H and O–H groups in total. The lowest BCUT2D eigenvalue weighted by Crippen LogP contribution is -2.50. The molecule has 3 rings (SSSR count). The number of carbonyl (C=O) groups is 3. The van der Waals surface area contributed by atoms with E-state index in [4.69, 9.17) is 0 Å². The average molecular weight is 358 g/mol. The predicted octanol–water partition coefficient (Wildman–Crippen LogP) is 0.707. The van der Waals surface area contributed by atoms with Crippen molar-refractivity contribution < 1.29 is 14.4 Å². The van der Waals surface area contributed by atoms with E-state index in [2.05, 4.69) is 5.32 Å². The Morgan fingerprint density at radius 3 is 2.31 bits per heavy atom. The molecule has 1 aromatic carbocycles. The number of hydrogen-bond donors (Lipinski definition) is 1. The number of amides is 3. The van der Waals surface area contributed by atoms with Crippen molar-refractivity contribution in [2.24, 2.45) is 0 Å². The molecule has 0 radical (unpaired) electrons. The molecular weight excluding hydrogens is 332 g/mol. The fraction of sp³-hybridized carbons (Fsp3) is 0.526. The monoisotopic (exact) mass is 358 g/mol. The van der Waals surface area contributed by atoms with Crippen LogP contribution in [0.4, 0.5) is 5.69 Å². The maximum atomic E-state index is 12.7. The first-order chi connectivity index (χ1) is 12.6. The van der Waals surface area contributed by atoms with Gasteiger partial charge in [-0.2, -0.15) is 0 Å². The lowest BCUT2D eigenvalue weighted by atomic mass is 10.1. The quantitative estimate of drug-likeness (QED) is 0.860. The largest absolute Gasteiger partial charge is 0.358 e. The normalized spacial score (nSPS) is 18.7. The summed E-state index contributed by atoms with van der Waals surface area (Å²) in [7, 11) is 1.63. The number of carbonyl (C=O) groups excluding carboxylic acids is 3. The van der Waals surface area contributed by atoms with Gasteiger partial charge in [0.05, 0.1) is 6.54 Å². The van der Waals surface area contributed by atoms with Crippen LogP contribution in [0.25, 0.3) is 0 Å². The predicted molar refractivity (Wildman–Crippen MR) is 99.1 cm³/mol. The van der Waals surface area contributed by atoms with Gasteiger partial charge >= 0.3 is 0 Å².